The van der Waals surface area contributed by atoms with Crippen LogP contribution in [0.2, 0.25) is 0 Å². The monoisotopic (exact) mass is 175 g/mol. The number of rotatable bonds is 2. The summed E-state index contributed by atoms with van der Waals surface area (Å²) in [5, 5.41) is 0. The van der Waals surface area contributed by atoms with Crippen LogP contribution in [0, 0.1) is 0 Å². The van der Waals surface area contributed by atoms with Gasteiger partial charge >= 0.3 is 0 Å². The highest BCUT2D eigenvalue weighted by Gasteiger charge is 2.00. The number of carbonyl (C=O) groups excluding carboxylic acids is 1. The van der Waals surface area contributed by atoms with Crippen LogP contribution in [0.5, 0.6) is 0 Å². The van der Waals surface area contributed by atoms with Gasteiger partial charge in [0.15, 0.2) is 0 Å². The van der Waals surface area contributed by atoms with Crippen LogP contribution in [0.4, 0.5) is 5.69 Å². The van der Waals surface area contributed by atoms with Gasteiger partial charge in [-0.1, -0.05) is 0 Å². The van der Waals surface area contributed by atoms with Crippen molar-refractivity contribution in [3.8, 4) is 0 Å². The zero-order chi connectivity index (χ0) is 9.26. The molecule has 0 saturated heterocycles. The molecule has 2 N–H and O–H groups in total. The second-order valence-electron chi connectivity index (χ2n) is 2.83. The minimum atomic E-state index is 0.349. The summed E-state index contributed by atoms with van der Waals surface area (Å²) in [6, 6.07) is 3.56. The van der Waals surface area contributed by atoms with Crippen molar-refractivity contribution in [1.82, 2.24) is 9.38 Å². The van der Waals surface area contributed by atoms with Crippen molar-refractivity contribution in [2.45, 2.75) is 6.42 Å². The molecular formula is C9H9N3O. The Kier molecular flexibility index (Phi) is 1.73. The fourth-order valence-corrected chi connectivity index (χ4v) is 1.23. The Morgan fingerprint density at radius 3 is 3.23 bits per heavy atom. The van der Waals surface area contributed by atoms with Gasteiger partial charge in [-0.15, -0.1) is 0 Å². The van der Waals surface area contributed by atoms with Gasteiger partial charge in [-0.2, -0.15) is 0 Å². The number of hydrogen-bond acceptors (Lipinski definition) is 3. The number of nitrogens with zero attached hydrogens (tertiary/aromatic N) is 2. The molecule has 66 valence electrons. The van der Waals surface area contributed by atoms with Crippen LogP contribution >= 0.6 is 0 Å². The molecule has 0 saturated carbocycles. The lowest BCUT2D eigenvalue weighted by atomic mass is 10.4. The molecule has 0 amide bonds. The zero-order valence-corrected chi connectivity index (χ0v) is 6.97. The summed E-state index contributed by atoms with van der Waals surface area (Å²) in [4.78, 5) is 14.5. The summed E-state index contributed by atoms with van der Waals surface area (Å²) in [5.41, 5.74) is 7.80. The molecule has 2 rings (SSSR count). The Labute approximate surface area is 75.0 Å². The Morgan fingerprint density at radius 2 is 2.46 bits per heavy atom. The first-order chi connectivity index (χ1) is 6.29. The molecule has 0 aliphatic heterocycles. The van der Waals surface area contributed by atoms with E-state index in [0.29, 0.717) is 12.1 Å². The maximum atomic E-state index is 10.2. The van der Waals surface area contributed by atoms with Gasteiger partial charge in [0.05, 0.1) is 5.69 Å². The van der Waals surface area contributed by atoms with E-state index in [1.807, 2.05) is 16.8 Å². The number of carbonyl (C=O) groups is 1. The highest BCUT2D eigenvalue weighted by Crippen LogP contribution is 2.09. The molecule has 0 radical (unpaired) electrons. The summed E-state index contributed by atoms with van der Waals surface area (Å²) in [5.74, 6) is 0. The first-order valence-electron chi connectivity index (χ1n) is 3.96. The summed E-state index contributed by atoms with van der Waals surface area (Å²) in [6.45, 7) is 0. The first-order valence-corrected chi connectivity index (χ1v) is 3.96. The van der Waals surface area contributed by atoms with E-state index in [1.54, 1.807) is 12.1 Å². The maximum absolute atomic E-state index is 10.2. The van der Waals surface area contributed by atoms with E-state index < -0.39 is 0 Å². The Morgan fingerprint density at radius 1 is 1.62 bits per heavy atom. The van der Waals surface area contributed by atoms with Crippen molar-refractivity contribution in [3.05, 3.63) is 30.2 Å². The van der Waals surface area contributed by atoms with Crippen LogP contribution in [0.1, 0.15) is 5.69 Å². The van der Waals surface area contributed by atoms with Crippen LogP contribution in [0.15, 0.2) is 24.5 Å². The minimum Gasteiger partial charge on any atom is -0.399 e. The third kappa shape index (κ3) is 1.38. The second kappa shape index (κ2) is 2.90. The molecule has 0 unspecified atom stereocenters. The summed E-state index contributed by atoms with van der Waals surface area (Å²) >= 11 is 0. The van der Waals surface area contributed by atoms with Gasteiger partial charge in [0, 0.05) is 30.6 Å². The predicted molar refractivity (Wildman–Crippen MR) is 49.4 cm³/mol. The first kappa shape index (κ1) is 7.79. The number of nitrogens with two attached hydrogens (primary N) is 1. The van der Waals surface area contributed by atoms with Gasteiger partial charge in [-0.25, -0.2) is 4.98 Å². The molecule has 0 fully saturated rings. The average molecular weight is 175 g/mol. The number of fused-ring (bicyclic) bond motifs is 1. The topological polar surface area (TPSA) is 60.4 Å². The SMILES string of the molecule is Nc1ccn2cc(CC=O)nc2c1. The fourth-order valence-electron chi connectivity index (χ4n) is 1.23. The molecule has 0 aliphatic carbocycles. The molecule has 0 bridgehead atoms. The molecule has 0 spiro atoms. The number of anilines is 1. The van der Waals surface area contributed by atoms with Crippen molar-refractivity contribution in [2.24, 2.45) is 0 Å². The molecule has 2 aromatic heterocycles. The van der Waals surface area contributed by atoms with Crippen molar-refractivity contribution in [1.29, 1.82) is 0 Å². The zero-order valence-electron chi connectivity index (χ0n) is 6.97. The number of aldehydes is 1. The molecule has 2 heterocycles. The lowest BCUT2D eigenvalue weighted by Crippen LogP contribution is -1.87. The van der Waals surface area contributed by atoms with Crippen molar-refractivity contribution >= 4 is 17.6 Å². The fraction of sp³-hybridized carbons (Fsp3) is 0.111. The third-order valence-corrected chi connectivity index (χ3v) is 1.83. The molecule has 13 heavy (non-hydrogen) atoms. The van der Waals surface area contributed by atoms with Gasteiger partial charge < -0.3 is 14.9 Å². The summed E-state index contributed by atoms with van der Waals surface area (Å²) < 4.78 is 1.84. The van der Waals surface area contributed by atoms with E-state index in [-0.39, 0.29) is 0 Å². The van der Waals surface area contributed by atoms with E-state index in [4.69, 9.17) is 5.73 Å². The number of imidazole rings is 1. The second-order valence-corrected chi connectivity index (χ2v) is 2.83. The number of nitrogen functional groups attached to an aromatic ring is 1. The average Bonchev–Trinajstić information content (AvgIpc) is 2.46. The number of hydrogen-bond donors (Lipinski definition) is 1. The van der Waals surface area contributed by atoms with Gasteiger partial charge in [0.2, 0.25) is 0 Å². The van der Waals surface area contributed by atoms with Gasteiger partial charge in [-0.3, -0.25) is 0 Å². The van der Waals surface area contributed by atoms with Gasteiger partial charge in [0.1, 0.15) is 11.9 Å². The highest BCUT2D eigenvalue weighted by molar-refractivity contribution is 5.57. The minimum absolute atomic E-state index is 0.349. The van der Waals surface area contributed by atoms with E-state index in [2.05, 4.69) is 4.98 Å². The molecule has 0 atom stereocenters. The smallest absolute Gasteiger partial charge is 0.139 e. The summed E-state index contributed by atoms with van der Waals surface area (Å²) in [7, 11) is 0. The van der Waals surface area contributed by atoms with Crippen LogP contribution in [0.3, 0.4) is 0 Å². The van der Waals surface area contributed by atoms with E-state index in [9.17, 15) is 4.79 Å². The van der Waals surface area contributed by atoms with E-state index in [1.165, 1.54) is 0 Å². The lowest BCUT2D eigenvalue weighted by molar-refractivity contribution is -0.107. The molecule has 0 aliphatic rings. The van der Waals surface area contributed by atoms with Gasteiger partial charge in [-0.05, 0) is 6.07 Å². The van der Waals surface area contributed by atoms with Crippen LogP contribution in [-0.2, 0) is 11.2 Å². The standard InChI is InChI=1S/C9H9N3O/c10-7-1-3-12-6-8(2-4-13)11-9(12)5-7/h1,3-6H,2,10H2. The molecular weight excluding hydrogens is 166 g/mol. The Hall–Kier alpha value is -1.84. The van der Waals surface area contributed by atoms with Crippen molar-refractivity contribution in [3.63, 3.8) is 0 Å². The molecule has 0 aromatic carbocycles. The van der Waals surface area contributed by atoms with Gasteiger partial charge in [0.25, 0.3) is 0 Å². The van der Waals surface area contributed by atoms with Crippen LogP contribution in [0.25, 0.3) is 5.65 Å². The highest BCUT2D eigenvalue weighted by atomic mass is 16.1. The van der Waals surface area contributed by atoms with Crippen LogP contribution in [-0.4, -0.2) is 15.7 Å². The Bertz CT molecular complexity index is 447. The molecule has 2 aromatic rings. The summed E-state index contributed by atoms with van der Waals surface area (Å²) in [6.07, 6.45) is 4.84. The van der Waals surface area contributed by atoms with E-state index in [0.717, 1.165) is 17.6 Å². The molecule has 4 nitrogen and oxygen atoms in total. The quantitative estimate of drug-likeness (QED) is 0.682. The van der Waals surface area contributed by atoms with E-state index >= 15 is 0 Å². The number of pyridine rings is 1. The maximum Gasteiger partial charge on any atom is 0.139 e. The molecule has 4 heteroatoms. The van der Waals surface area contributed by atoms with Crippen molar-refractivity contribution < 1.29 is 4.79 Å². The largest absolute Gasteiger partial charge is 0.399 e. The third-order valence-electron chi connectivity index (χ3n) is 1.83. The van der Waals surface area contributed by atoms with Crippen molar-refractivity contribution in [2.75, 3.05) is 5.73 Å². The Balaban J connectivity index is 2.55. The predicted octanol–water partition coefficient (Wildman–Crippen LogP) is 0.658. The number of aromatic nitrogens is 2. The lowest BCUT2D eigenvalue weighted by Gasteiger charge is -1.92. The normalized spacial score (nSPS) is 10.5. The van der Waals surface area contributed by atoms with Crippen LogP contribution < -0.4 is 5.73 Å².